The van der Waals surface area contributed by atoms with Crippen LogP contribution in [-0.4, -0.2) is 34.9 Å². The summed E-state index contributed by atoms with van der Waals surface area (Å²) in [6.07, 6.45) is 0.261. The smallest absolute Gasteiger partial charge is 0.334 e. The fourth-order valence-electron chi connectivity index (χ4n) is 4.09. The van der Waals surface area contributed by atoms with Gasteiger partial charge in [0.05, 0.1) is 17.4 Å². The van der Waals surface area contributed by atoms with Crippen LogP contribution in [0.1, 0.15) is 26.2 Å². The van der Waals surface area contributed by atoms with Gasteiger partial charge in [-0.3, -0.25) is 4.79 Å². The van der Waals surface area contributed by atoms with E-state index >= 15 is 0 Å². The van der Waals surface area contributed by atoms with E-state index in [0.29, 0.717) is 24.8 Å². The molecule has 0 aromatic rings. The van der Waals surface area contributed by atoms with Crippen LogP contribution in [0.15, 0.2) is 36.5 Å². The average molecular weight is 304 g/mol. The maximum absolute atomic E-state index is 11.9. The second-order valence-electron chi connectivity index (χ2n) is 6.44. The molecule has 1 saturated heterocycles. The molecule has 0 amide bonds. The Kier molecular flexibility index (Phi) is 3.29. The lowest BCUT2D eigenvalue weighted by atomic mass is 9.77. The molecule has 2 saturated carbocycles. The molecule has 3 aliphatic rings. The van der Waals surface area contributed by atoms with Gasteiger partial charge in [0.25, 0.3) is 0 Å². The number of carbonyl (C=O) groups is 2. The van der Waals surface area contributed by atoms with E-state index in [1.54, 1.807) is 0 Å². The van der Waals surface area contributed by atoms with Crippen molar-refractivity contribution in [2.45, 2.75) is 44.0 Å². The molecule has 0 bridgehead atoms. The summed E-state index contributed by atoms with van der Waals surface area (Å²) in [6.45, 7) is 13.1. The van der Waals surface area contributed by atoms with E-state index in [1.165, 1.54) is 6.92 Å². The number of rotatable bonds is 1. The van der Waals surface area contributed by atoms with Crippen LogP contribution in [-0.2, 0) is 19.1 Å². The fraction of sp³-hybridized carbons (Fsp3) is 0.529. The van der Waals surface area contributed by atoms with Crippen LogP contribution in [0.25, 0.3) is 0 Å². The predicted molar refractivity (Wildman–Crippen MR) is 78.6 cm³/mol. The van der Waals surface area contributed by atoms with Crippen molar-refractivity contribution < 1.29 is 24.2 Å². The molecule has 1 heterocycles. The van der Waals surface area contributed by atoms with Gasteiger partial charge in [0.15, 0.2) is 0 Å². The molecular formula is C17H20O5. The first-order chi connectivity index (χ1) is 10.3. The Morgan fingerprint density at radius 2 is 2.09 bits per heavy atom. The molecule has 0 aromatic heterocycles. The van der Waals surface area contributed by atoms with E-state index in [1.807, 2.05) is 0 Å². The summed E-state index contributed by atoms with van der Waals surface area (Å²) in [6, 6.07) is 0. The summed E-state index contributed by atoms with van der Waals surface area (Å²) in [7, 11) is 0. The largest absolute Gasteiger partial charge is 0.461 e. The van der Waals surface area contributed by atoms with Crippen LogP contribution >= 0.6 is 0 Å². The van der Waals surface area contributed by atoms with Crippen molar-refractivity contribution in [1.82, 2.24) is 0 Å². The maximum Gasteiger partial charge on any atom is 0.334 e. The molecule has 22 heavy (non-hydrogen) atoms. The van der Waals surface area contributed by atoms with Crippen LogP contribution in [0.4, 0.5) is 0 Å². The summed E-state index contributed by atoms with van der Waals surface area (Å²) in [5, 5.41) is 11.1. The summed E-state index contributed by atoms with van der Waals surface area (Å²) in [5.41, 5.74) is 0.521. The Balaban J connectivity index is 2.11. The molecule has 5 unspecified atom stereocenters. The molecule has 5 atom stereocenters. The van der Waals surface area contributed by atoms with Crippen LogP contribution in [0.3, 0.4) is 0 Å². The SMILES string of the molecule is C=C1C(=O)OC2CC(=C)C3(O)CCC(=C)C3C(OC(C)=O)C12. The van der Waals surface area contributed by atoms with Crippen molar-refractivity contribution in [3.8, 4) is 0 Å². The minimum absolute atomic E-state index is 0.285. The highest BCUT2D eigenvalue weighted by Crippen LogP contribution is 2.54. The monoisotopic (exact) mass is 304 g/mol. The van der Waals surface area contributed by atoms with Gasteiger partial charge in [-0.05, 0) is 18.4 Å². The molecule has 1 aliphatic heterocycles. The van der Waals surface area contributed by atoms with Gasteiger partial charge in [-0.15, -0.1) is 0 Å². The second kappa shape index (κ2) is 4.81. The highest BCUT2D eigenvalue weighted by Gasteiger charge is 2.59. The minimum atomic E-state index is -1.17. The highest BCUT2D eigenvalue weighted by molar-refractivity contribution is 5.91. The predicted octanol–water partition coefficient (Wildman–Crippen LogP) is 1.67. The third-order valence-corrected chi connectivity index (χ3v) is 5.15. The lowest BCUT2D eigenvalue weighted by Gasteiger charge is -2.36. The van der Waals surface area contributed by atoms with E-state index in [9.17, 15) is 14.7 Å². The Labute approximate surface area is 129 Å². The maximum atomic E-state index is 11.9. The van der Waals surface area contributed by atoms with Gasteiger partial charge in [-0.25, -0.2) is 4.79 Å². The molecule has 5 heteroatoms. The number of esters is 2. The molecular weight excluding hydrogens is 284 g/mol. The highest BCUT2D eigenvalue weighted by atomic mass is 16.6. The molecule has 118 valence electrons. The van der Waals surface area contributed by atoms with Crippen molar-refractivity contribution in [3.63, 3.8) is 0 Å². The zero-order valence-electron chi connectivity index (χ0n) is 12.6. The normalized spacial score (nSPS) is 40.8. The van der Waals surface area contributed by atoms with Gasteiger partial charge in [0.2, 0.25) is 0 Å². The van der Waals surface area contributed by atoms with E-state index < -0.39 is 41.6 Å². The molecule has 0 radical (unpaired) electrons. The first-order valence-corrected chi connectivity index (χ1v) is 7.41. The zero-order chi connectivity index (χ0) is 16.2. The van der Waals surface area contributed by atoms with Crippen LogP contribution in [0, 0.1) is 11.8 Å². The number of ether oxygens (including phenoxy) is 2. The molecule has 3 fully saturated rings. The third kappa shape index (κ3) is 1.96. The van der Waals surface area contributed by atoms with Crippen LogP contribution in [0.5, 0.6) is 0 Å². The topological polar surface area (TPSA) is 72.8 Å². The Bertz CT molecular complexity index is 604. The molecule has 1 N–H and O–H groups in total. The molecule has 3 rings (SSSR count). The summed E-state index contributed by atoms with van der Waals surface area (Å²) in [5.74, 6) is -1.90. The van der Waals surface area contributed by atoms with Gasteiger partial charge >= 0.3 is 11.9 Å². The second-order valence-corrected chi connectivity index (χ2v) is 6.44. The summed E-state index contributed by atoms with van der Waals surface area (Å²) < 4.78 is 10.9. The summed E-state index contributed by atoms with van der Waals surface area (Å²) in [4.78, 5) is 23.4. The number of hydrogen-bond acceptors (Lipinski definition) is 5. The number of fused-ring (bicyclic) bond motifs is 2. The first kappa shape index (κ1) is 15.0. The van der Waals surface area contributed by atoms with Gasteiger partial charge in [-0.2, -0.15) is 0 Å². The Morgan fingerprint density at radius 3 is 2.73 bits per heavy atom. The van der Waals surface area contributed by atoms with Crippen molar-refractivity contribution in [2.24, 2.45) is 11.8 Å². The lowest BCUT2D eigenvalue weighted by molar-refractivity contribution is -0.155. The number of hydrogen-bond donors (Lipinski definition) is 1. The van der Waals surface area contributed by atoms with Gasteiger partial charge < -0.3 is 14.6 Å². The van der Waals surface area contributed by atoms with Crippen molar-refractivity contribution >= 4 is 11.9 Å². The number of carbonyl (C=O) groups excluding carboxylic acids is 2. The van der Waals surface area contributed by atoms with E-state index in [-0.39, 0.29) is 5.57 Å². The lowest BCUT2D eigenvalue weighted by Crippen LogP contribution is -2.45. The van der Waals surface area contributed by atoms with E-state index in [2.05, 4.69) is 19.7 Å². The van der Waals surface area contributed by atoms with Crippen molar-refractivity contribution in [3.05, 3.63) is 36.5 Å². The van der Waals surface area contributed by atoms with Crippen LogP contribution < -0.4 is 0 Å². The van der Waals surface area contributed by atoms with Crippen molar-refractivity contribution in [1.29, 1.82) is 0 Å². The standard InChI is InChI=1S/C17H20O5/c1-8-5-6-17(20)9(2)7-12-13(10(3)16(19)22-12)15(14(8)17)21-11(4)18/h12-15,20H,1-3,5-7H2,4H3. The zero-order valence-corrected chi connectivity index (χ0v) is 12.6. The fourth-order valence-corrected chi connectivity index (χ4v) is 4.09. The molecule has 0 spiro atoms. The molecule has 2 aliphatic carbocycles. The Morgan fingerprint density at radius 1 is 1.41 bits per heavy atom. The molecule has 5 nitrogen and oxygen atoms in total. The molecule has 0 aromatic carbocycles. The van der Waals surface area contributed by atoms with Crippen molar-refractivity contribution in [2.75, 3.05) is 0 Å². The van der Waals surface area contributed by atoms with Gasteiger partial charge in [0, 0.05) is 18.9 Å². The summed E-state index contributed by atoms with van der Waals surface area (Å²) >= 11 is 0. The quantitative estimate of drug-likeness (QED) is 0.453. The first-order valence-electron chi connectivity index (χ1n) is 7.41. The Hall–Kier alpha value is -1.88. The van der Waals surface area contributed by atoms with Crippen LogP contribution in [0.2, 0.25) is 0 Å². The van der Waals surface area contributed by atoms with Gasteiger partial charge in [-0.1, -0.05) is 25.3 Å². The third-order valence-electron chi connectivity index (χ3n) is 5.15. The average Bonchev–Trinajstić information content (AvgIpc) is 2.84. The minimum Gasteiger partial charge on any atom is -0.461 e. The van der Waals surface area contributed by atoms with E-state index in [0.717, 1.165) is 5.57 Å². The van der Waals surface area contributed by atoms with E-state index in [4.69, 9.17) is 9.47 Å². The van der Waals surface area contributed by atoms with Gasteiger partial charge in [0.1, 0.15) is 12.2 Å². The number of aliphatic hydroxyl groups is 1.